The summed E-state index contributed by atoms with van der Waals surface area (Å²) in [5.74, 6) is 0.242. The lowest BCUT2D eigenvalue weighted by atomic mass is 10.3. The quantitative estimate of drug-likeness (QED) is 0.605. The molecule has 144 valence electrons. The van der Waals surface area contributed by atoms with Gasteiger partial charge in [-0.2, -0.15) is 0 Å². The van der Waals surface area contributed by atoms with Gasteiger partial charge in [0.25, 0.3) is 15.9 Å². The molecule has 0 heterocycles. The number of carbonyl (C=O) groups excluding carboxylic acids is 1. The summed E-state index contributed by atoms with van der Waals surface area (Å²) in [5.41, 5.74) is 0.868. The van der Waals surface area contributed by atoms with E-state index < -0.39 is 10.0 Å². The summed E-state index contributed by atoms with van der Waals surface area (Å²) in [7, 11) is -3.75. The van der Waals surface area contributed by atoms with Gasteiger partial charge in [-0.15, -0.1) is 0 Å². The highest BCUT2D eigenvalue weighted by Gasteiger charge is 2.14. The standard InChI is InChI=1S/C20H17ClN2O4S/c21-15-6-8-17(9-7-15)23-28(25,26)19-12-10-16(11-13-19)22-20(24)14-27-18-4-2-1-3-5-18/h1-13,23H,14H2,(H,22,24). The van der Waals surface area contributed by atoms with Gasteiger partial charge in [0.1, 0.15) is 5.75 Å². The zero-order valence-electron chi connectivity index (χ0n) is 14.6. The number of amides is 1. The van der Waals surface area contributed by atoms with E-state index in [1.54, 1.807) is 36.4 Å². The van der Waals surface area contributed by atoms with Crippen LogP contribution in [-0.2, 0) is 14.8 Å². The van der Waals surface area contributed by atoms with E-state index in [1.807, 2.05) is 18.2 Å². The first kappa shape index (κ1) is 19.7. The molecule has 6 nitrogen and oxygen atoms in total. The fraction of sp³-hybridized carbons (Fsp3) is 0.0500. The van der Waals surface area contributed by atoms with E-state index in [9.17, 15) is 13.2 Å². The Balaban J connectivity index is 1.59. The van der Waals surface area contributed by atoms with Crippen molar-refractivity contribution in [1.82, 2.24) is 0 Å². The molecular formula is C20H17ClN2O4S. The van der Waals surface area contributed by atoms with Crippen molar-refractivity contribution >= 4 is 38.9 Å². The van der Waals surface area contributed by atoms with Gasteiger partial charge in [0, 0.05) is 16.4 Å². The lowest BCUT2D eigenvalue weighted by Gasteiger charge is -2.10. The largest absolute Gasteiger partial charge is 0.484 e. The Hall–Kier alpha value is -3.03. The van der Waals surface area contributed by atoms with E-state index in [1.165, 1.54) is 24.3 Å². The Morgan fingerprint density at radius 1 is 0.857 bits per heavy atom. The smallest absolute Gasteiger partial charge is 0.262 e. The Morgan fingerprint density at radius 3 is 2.11 bits per heavy atom. The van der Waals surface area contributed by atoms with Gasteiger partial charge in [0.05, 0.1) is 4.90 Å². The van der Waals surface area contributed by atoms with Crippen molar-refractivity contribution in [2.24, 2.45) is 0 Å². The number of rotatable bonds is 7. The normalized spacial score (nSPS) is 10.9. The van der Waals surface area contributed by atoms with Crippen LogP contribution in [0.1, 0.15) is 0 Å². The predicted octanol–water partition coefficient (Wildman–Crippen LogP) is 4.16. The minimum Gasteiger partial charge on any atom is -0.484 e. The zero-order valence-corrected chi connectivity index (χ0v) is 16.2. The highest BCUT2D eigenvalue weighted by Crippen LogP contribution is 2.20. The molecule has 0 aliphatic rings. The molecule has 3 rings (SSSR count). The monoisotopic (exact) mass is 416 g/mol. The summed E-state index contributed by atoms with van der Waals surface area (Å²) in [6.45, 7) is -0.151. The SMILES string of the molecule is O=C(COc1ccccc1)Nc1ccc(S(=O)(=O)Nc2ccc(Cl)cc2)cc1. The van der Waals surface area contributed by atoms with Crippen molar-refractivity contribution < 1.29 is 17.9 Å². The van der Waals surface area contributed by atoms with Crippen molar-refractivity contribution in [3.63, 3.8) is 0 Å². The van der Waals surface area contributed by atoms with E-state index in [0.717, 1.165) is 0 Å². The molecule has 0 atom stereocenters. The van der Waals surface area contributed by atoms with Gasteiger partial charge in [-0.25, -0.2) is 8.42 Å². The first-order chi connectivity index (χ1) is 13.4. The van der Waals surface area contributed by atoms with E-state index in [0.29, 0.717) is 22.1 Å². The average Bonchev–Trinajstić information content (AvgIpc) is 2.69. The van der Waals surface area contributed by atoms with E-state index in [2.05, 4.69) is 10.0 Å². The molecule has 0 aromatic heterocycles. The van der Waals surface area contributed by atoms with Gasteiger partial charge < -0.3 is 10.1 Å². The first-order valence-electron chi connectivity index (χ1n) is 8.28. The van der Waals surface area contributed by atoms with Crippen molar-refractivity contribution in [3.8, 4) is 5.75 Å². The molecule has 3 aromatic rings. The minimum absolute atomic E-state index is 0.0704. The van der Waals surface area contributed by atoms with Gasteiger partial charge in [0.15, 0.2) is 6.61 Å². The lowest BCUT2D eigenvalue weighted by molar-refractivity contribution is -0.118. The van der Waals surface area contributed by atoms with Crippen LogP contribution in [0.2, 0.25) is 5.02 Å². The Bertz CT molecular complexity index is 1040. The summed E-state index contributed by atoms with van der Waals surface area (Å²) in [5, 5.41) is 3.17. The topological polar surface area (TPSA) is 84.5 Å². The molecule has 0 radical (unpaired) electrons. The molecule has 0 saturated carbocycles. The number of ether oxygens (including phenoxy) is 1. The number of nitrogens with one attached hydrogen (secondary N) is 2. The number of halogens is 1. The molecule has 0 spiro atoms. The Labute approximate surface area is 168 Å². The highest BCUT2D eigenvalue weighted by atomic mass is 35.5. The van der Waals surface area contributed by atoms with E-state index >= 15 is 0 Å². The highest BCUT2D eigenvalue weighted by molar-refractivity contribution is 7.92. The second kappa shape index (κ2) is 8.77. The zero-order chi connectivity index (χ0) is 20.0. The molecule has 0 aliphatic carbocycles. The molecule has 0 saturated heterocycles. The van der Waals surface area contributed by atoms with Crippen LogP contribution in [0, 0.1) is 0 Å². The summed E-state index contributed by atoms with van der Waals surface area (Å²) in [6.07, 6.45) is 0. The van der Waals surface area contributed by atoms with Crippen LogP contribution in [0.3, 0.4) is 0 Å². The number of sulfonamides is 1. The van der Waals surface area contributed by atoms with Crippen molar-refractivity contribution in [2.75, 3.05) is 16.6 Å². The fourth-order valence-corrected chi connectivity index (χ4v) is 3.50. The number of hydrogen-bond donors (Lipinski definition) is 2. The van der Waals surface area contributed by atoms with Crippen molar-refractivity contribution in [1.29, 1.82) is 0 Å². The molecule has 28 heavy (non-hydrogen) atoms. The maximum Gasteiger partial charge on any atom is 0.262 e. The van der Waals surface area contributed by atoms with Gasteiger partial charge >= 0.3 is 0 Å². The molecule has 0 bridgehead atoms. The van der Waals surface area contributed by atoms with Crippen LogP contribution in [0.5, 0.6) is 5.75 Å². The van der Waals surface area contributed by atoms with E-state index in [4.69, 9.17) is 16.3 Å². The summed E-state index contributed by atoms with van der Waals surface area (Å²) >= 11 is 5.80. The third-order valence-corrected chi connectivity index (χ3v) is 5.31. The summed E-state index contributed by atoms with van der Waals surface area (Å²) in [4.78, 5) is 12.0. The second-order valence-corrected chi connectivity index (χ2v) is 7.91. The van der Waals surface area contributed by atoms with Crippen molar-refractivity contribution in [3.05, 3.63) is 83.9 Å². The second-order valence-electron chi connectivity index (χ2n) is 5.79. The minimum atomic E-state index is -3.75. The summed E-state index contributed by atoms with van der Waals surface area (Å²) in [6, 6.07) is 21.1. The first-order valence-corrected chi connectivity index (χ1v) is 10.1. The maximum absolute atomic E-state index is 12.4. The van der Waals surface area contributed by atoms with Crippen LogP contribution in [0.25, 0.3) is 0 Å². The van der Waals surface area contributed by atoms with Crippen LogP contribution >= 0.6 is 11.6 Å². The van der Waals surface area contributed by atoms with Gasteiger partial charge in [-0.1, -0.05) is 29.8 Å². The van der Waals surface area contributed by atoms with Crippen LogP contribution in [-0.4, -0.2) is 20.9 Å². The van der Waals surface area contributed by atoms with Crippen molar-refractivity contribution in [2.45, 2.75) is 4.90 Å². The third kappa shape index (κ3) is 5.48. The maximum atomic E-state index is 12.4. The predicted molar refractivity (Wildman–Crippen MR) is 109 cm³/mol. The number of hydrogen-bond acceptors (Lipinski definition) is 4. The van der Waals surface area contributed by atoms with Crippen LogP contribution in [0.15, 0.2) is 83.8 Å². The number of carbonyl (C=O) groups is 1. The van der Waals surface area contributed by atoms with Gasteiger partial charge in [-0.3, -0.25) is 9.52 Å². The number of benzene rings is 3. The average molecular weight is 417 g/mol. The molecule has 0 fully saturated rings. The van der Waals surface area contributed by atoms with Gasteiger partial charge in [-0.05, 0) is 60.7 Å². The fourth-order valence-electron chi connectivity index (χ4n) is 2.31. The molecule has 0 aliphatic heterocycles. The third-order valence-electron chi connectivity index (χ3n) is 3.66. The van der Waals surface area contributed by atoms with Gasteiger partial charge in [0.2, 0.25) is 0 Å². The Morgan fingerprint density at radius 2 is 1.46 bits per heavy atom. The molecule has 0 unspecified atom stereocenters. The van der Waals surface area contributed by atoms with Crippen LogP contribution < -0.4 is 14.8 Å². The molecule has 3 aromatic carbocycles. The lowest BCUT2D eigenvalue weighted by Crippen LogP contribution is -2.20. The molecule has 2 N–H and O–H groups in total. The number of anilines is 2. The number of para-hydroxylation sites is 1. The molecular weight excluding hydrogens is 400 g/mol. The molecule has 1 amide bonds. The Kier molecular flexibility index (Phi) is 6.18. The van der Waals surface area contributed by atoms with Crippen LogP contribution in [0.4, 0.5) is 11.4 Å². The van der Waals surface area contributed by atoms with E-state index in [-0.39, 0.29) is 17.4 Å². The molecule has 8 heteroatoms. The summed E-state index contributed by atoms with van der Waals surface area (Å²) < 4.78 is 32.7.